The molecular formula is C19H26Cl2N4OS. The van der Waals surface area contributed by atoms with E-state index < -0.39 is 0 Å². The number of halogens is 2. The summed E-state index contributed by atoms with van der Waals surface area (Å²) in [5.74, 6) is 0.0756. The van der Waals surface area contributed by atoms with Crippen molar-refractivity contribution in [2.24, 2.45) is 0 Å². The maximum absolute atomic E-state index is 12.2. The monoisotopic (exact) mass is 428 g/mol. The van der Waals surface area contributed by atoms with Gasteiger partial charge in [0.1, 0.15) is 0 Å². The number of fused-ring (bicyclic) bond motifs is 1. The number of nitrogens with one attached hydrogen (secondary N) is 2. The smallest absolute Gasteiger partial charge is 0.227 e. The molecule has 1 atom stereocenters. The highest BCUT2D eigenvalue weighted by molar-refractivity contribution is 7.15. The van der Waals surface area contributed by atoms with Crippen molar-refractivity contribution in [3.8, 4) is 0 Å². The average molecular weight is 429 g/mol. The zero-order valence-electron chi connectivity index (χ0n) is 15.1. The van der Waals surface area contributed by atoms with E-state index in [1.807, 2.05) is 0 Å². The molecule has 3 heterocycles. The Morgan fingerprint density at radius 2 is 2.11 bits per heavy atom. The number of amides is 1. The lowest BCUT2D eigenvalue weighted by molar-refractivity contribution is -0.116. The molecule has 0 bridgehead atoms. The quantitative estimate of drug-likeness (QED) is 0.762. The van der Waals surface area contributed by atoms with Gasteiger partial charge in [0.15, 0.2) is 5.13 Å². The van der Waals surface area contributed by atoms with Crippen LogP contribution in [0.1, 0.15) is 35.4 Å². The second-order valence-electron chi connectivity index (χ2n) is 6.88. The minimum atomic E-state index is 0. The molecule has 0 aliphatic carbocycles. The van der Waals surface area contributed by atoms with E-state index in [0.29, 0.717) is 12.5 Å². The van der Waals surface area contributed by atoms with Crippen LogP contribution in [0.4, 0.5) is 5.13 Å². The summed E-state index contributed by atoms with van der Waals surface area (Å²) in [5.41, 5.74) is 2.50. The van der Waals surface area contributed by atoms with Crippen molar-refractivity contribution < 1.29 is 4.79 Å². The third kappa shape index (κ3) is 5.90. The number of rotatable bonds is 5. The van der Waals surface area contributed by atoms with Gasteiger partial charge in [-0.05, 0) is 24.9 Å². The molecule has 8 heteroatoms. The predicted molar refractivity (Wildman–Crippen MR) is 115 cm³/mol. The molecule has 27 heavy (non-hydrogen) atoms. The lowest BCUT2D eigenvalue weighted by Gasteiger charge is -2.25. The molecule has 2 aliphatic heterocycles. The highest BCUT2D eigenvalue weighted by Crippen LogP contribution is 2.29. The second-order valence-corrected chi connectivity index (χ2v) is 7.96. The highest BCUT2D eigenvalue weighted by Gasteiger charge is 2.22. The first-order chi connectivity index (χ1) is 12.3. The predicted octanol–water partition coefficient (Wildman–Crippen LogP) is 3.63. The maximum atomic E-state index is 12.2. The summed E-state index contributed by atoms with van der Waals surface area (Å²) >= 11 is 1.63. The Kier molecular flexibility index (Phi) is 8.51. The molecule has 1 fully saturated rings. The third-order valence-corrected chi connectivity index (χ3v) is 5.90. The van der Waals surface area contributed by atoms with Gasteiger partial charge in [-0.3, -0.25) is 9.69 Å². The summed E-state index contributed by atoms with van der Waals surface area (Å²) in [6.45, 7) is 3.93. The molecule has 1 aromatic carbocycles. The number of benzene rings is 1. The summed E-state index contributed by atoms with van der Waals surface area (Å²) in [4.78, 5) is 20.6. The van der Waals surface area contributed by atoms with Crippen LogP contribution in [0.2, 0.25) is 0 Å². The van der Waals surface area contributed by atoms with Crippen LogP contribution >= 0.6 is 36.2 Å². The highest BCUT2D eigenvalue weighted by atomic mass is 35.5. The van der Waals surface area contributed by atoms with E-state index in [1.54, 1.807) is 11.3 Å². The molecule has 2 aliphatic rings. The van der Waals surface area contributed by atoms with Crippen molar-refractivity contribution in [1.29, 1.82) is 0 Å². The molecule has 0 saturated carbocycles. The summed E-state index contributed by atoms with van der Waals surface area (Å²) in [7, 11) is 0. The fraction of sp³-hybridized carbons (Fsp3) is 0.474. The normalized spacial score (nSPS) is 18.9. The molecule has 4 rings (SSSR count). The molecule has 2 N–H and O–H groups in total. The lowest BCUT2D eigenvalue weighted by Crippen LogP contribution is -2.29. The first-order valence-corrected chi connectivity index (χ1v) is 9.86. The van der Waals surface area contributed by atoms with Crippen molar-refractivity contribution in [1.82, 2.24) is 15.2 Å². The number of hydrogen-bond acceptors (Lipinski definition) is 5. The van der Waals surface area contributed by atoms with E-state index >= 15 is 0 Å². The van der Waals surface area contributed by atoms with Gasteiger partial charge in [-0.15, -0.1) is 36.2 Å². The first-order valence-electron chi connectivity index (χ1n) is 9.04. The van der Waals surface area contributed by atoms with Gasteiger partial charge >= 0.3 is 0 Å². The van der Waals surface area contributed by atoms with E-state index in [1.165, 1.54) is 16.9 Å². The van der Waals surface area contributed by atoms with E-state index in [2.05, 4.69) is 50.8 Å². The Bertz CT molecular complexity index is 735. The number of carbonyl (C=O) groups is 1. The van der Waals surface area contributed by atoms with E-state index in [0.717, 1.165) is 49.8 Å². The van der Waals surface area contributed by atoms with Crippen molar-refractivity contribution >= 4 is 47.2 Å². The summed E-state index contributed by atoms with van der Waals surface area (Å²) < 4.78 is 0. The van der Waals surface area contributed by atoms with Crippen LogP contribution in [0, 0.1) is 0 Å². The maximum Gasteiger partial charge on any atom is 0.227 e. The average Bonchev–Trinajstić information content (AvgIpc) is 3.24. The SMILES string of the molecule is Cl.Cl.O=C(CC1CCCN1)Nc1nc2c(s1)CN(Cc1ccccc1)CC2. The fourth-order valence-corrected chi connectivity index (χ4v) is 4.67. The van der Waals surface area contributed by atoms with Crippen molar-refractivity contribution in [3.05, 3.63) is 46.5 Å². The van der Waals surface area contributed by atoms with Crippen LogP contribution in [0.3, 0.4) is 0 Å². The number of anilines is 1. The topological polar surface area (TPSA) is 57.3 Å². The van der Waals surface area contributed by atoms with E-state index in [4.69, 9.17) is 0 Å². The molecule has 5 nitrogen and oxygen atoms in total. The van der Waals surface area contributed by atoms with Crippen LogP contribution in [-0.2, 0) is 24.3 Å². The lowest BCUT2D eigenvalue weighted by atomic mass is 10.1. The van der Waals surface area contributed by atoms with Crippen LogP contribution in [-0.4, -0.2) is 34.9 Å². The minimum Gasteiger partial charge on any atom is -0.313 e. The minimum absolute atomic E-state index is 0. The molecular weight excluding hydrogens is 403 g/mol. The van der Waals surface area contributed by atoms with E-state index in [-0.39, 0.29) is 30.7 Å². The molecule has 1 unspecified atom stereocenters. The Morgan fingerprint density at radius 1 is 1.30 bits per heavy atom. The van der Waals surface area contributed by atoms with Gasteiger partial charge in [0.25, 0.3) is 0 Å². The summed E-state index contributed by atoms with van der Waals surface area (Å²) in [6.07, 6.45) is 3.76. The fourth-order valence-electron chi connectivity index (χ4n) is 3.60. The molecule has 1 saturated heterocycles. The molecule has 0 radical (unpaired) electrons. The Balaban J connectivity index is 0.00000131. The largest absolute Gasteiger partial charge is 0.313 e. The molecule has 2 aromatic rings. The number of nitrogens with zero attached hydrogens (tertiary/aromatic N) is 2. The number of aromatic nitrogens is 1. The van der Waals surface area contributed by atoms with Gasteiger partial charge < -0.3 is 10.6 Å². The zero-order chi connectivity index (χ0) is 17.1. The molecule has 1 aromatic heterocycles. The van der Waals surface area contributed by atoms with Gasteiger partial charge in [0.05, 0.1) is 5.69 Å². The Morgan fingerprint density at radius 3 is 2.85 bits per heavy atom. The van der Waals surface area contributed by atoms with E-state index in [9.17, 15) is 4.79 Å². The van der Waals surface area contributed by atoms with Crippen LogP contribution in [0.25, 0.3) is 0 Å². The van der Waals surface area contributed by atoms with Crippen molar-refractivity contribution in [2.75, 3.05) is 18.4 Å². The van der Waals surface area contributed by atoms with Gasteiger partial charge in [0.2, 0.25) is 5.91 Å². The van der Waals surface area contributed by atoms with Crippen LogP contribution in [0.5, 0.6) is 0 Å². The number of hydrogen-bond donors (Lipinski definition) is 2. The molecule has 1 amide bonds. The van der Waals surface area contributed by atoms with Gasteiger partial charge in [-0.2, -0.15) is 0 Å². The Labute approximate surface area is 176 Å². The molecule has 148 valence electrons. The first kappa shape index (κ1) is 22.1. The Hall–Kier alpha value is -1.18. The number of thiazole rings is 1. The van der Waals surface area contributed by atoms with Crippen LogP contribution < -0.4 is 10.6 Å². The molecule has 0 spiro atoms. The zero-order valence-corrected chi connectivity index (χ0v) is 17.6. The number of carbonyl (C=O) groups excluding carboxylic acids is 1. The van der Waals surface area contributed by atoms with Gasteiger partial charge in [-0.25, -0.2) is 4.98 Å². The van der Waals surface area contributed by atoms with Gasteiger partial charge in [0, 0.05) is 43.4 Å². The summed E-state index contributed by atoms with van der Waals surface area (Å²) in [6, 6.07) is 10.9. The van der Waals surface area contributed by atoms with Crippen molar-refractivity contribution in [3.63, 3.8) is 0 Å². The second kappa shape index (κ2) is 10.4. The standard InChI is InChI=1S/C19H24N4OS.2ClH/c24-18(11-15-7-4-9-20-15)22-19-21-16-8-10-23(13-17(16)25-19)12-14-5-2-1-3-6-14;;/h1-3,5-6,15,20H,4,7-13H2,(H,21,22,24);2*1H. The van der Waals surface area contributed by atoms with Gasteiger partial charge in [-0.1, -0.05) is 30.3 Å². The van der Waals surface area contributed by atoms with Crippen LogP contribution in [0.15, 0.2) is 30.3 Å². The third-order valence-electron chi connectivity index (χ3n) is 4.90. The summed E-state index contributed by atoms with van der Waals surface area (Å²) in [5, 5.41) is 7.13. The van der Waals surface area contributed by atoms with Crippen molar-refractivity contribution in [2.45, 2.75) is 44.8 Å².